The highest BCUT2D eigenvalue weighted by atomic mass is 16.5. The number of hydrogen-bond donors (Lipinski definition) is 1. The normalized spacial score (nSPS) is 12.6. The van der Waals surface area contributed by atoms with E-state index in [9.17, 15) is 0 Å². The minimum Gasteiger partial charge on any atom is -0.496 e. The van der Waals surface area contributed by atoms with Crippen LogP contribution in [0.25, 0.3) is 0 Å². The van der Waals surface area contributed by atoms with Crippen LogP contribution in [0.3, 0.4) is 0 Å². The summed E-state index contributed by atoms with van der Waals surface area (Å²) in [6.07, 6.45) is 1.10. The summed E-state index contributed by atoms with van der Waals surface area (Å²) in [6.45, 7) is 6.38. The molecule has 2 heteroatoms. The van der Waals surface area contributed by atoms with Crippen molar-refractivity contribution in [2.75, 3.05) is 14.2 Å². The molecule has 0 aliphatic rings. The molecule has 1 N–H and O–H groups in total. The van der Waals surface area contributed by atoms with Gasteiger partial charge < -0.3 is 10.1 Å². The fourth-order valence-corrected chi connectivity index (χ4v) is 2.11. The van der Waals surface area contributed by atoms with Gasteiger partial charge in [-0.25, -0.2) is 0 Å². The molecule has 0 radical (unpaired) electrons. The molecular weight excluding hydrogens is 186 g/mol. The van der Waals surface area contributed by atoms with Crippen LogP contribution in [0.5, 0.6) is 5.75 Å². The van der Waals surface area contributed by atoms with Crippen LogP contribution >= 0.6 is 0 Å². The summed E-state index contributed by atoms with van der Waals surface area (Å²) in [4.78, 5) is 0. The Morgan fingerprint density at radius 3 is 2.13 bits per heavy atom. The maximum atomic E-state index is 5.36. The van der Waals surface area contributed by atoms with Crippen molar-refractivity contribution >= 4 is 0 Å². The summed E-state index contributed by atoms with van der Waals surface area (Å²) in [6, 6.07) is 4.85. The van der Waals surface area contributed by atoms with Gasteiger partial charge >= 0.3 is 0 Å². The predicted octanol–water partition coefficient (Wildman–Crippen LogP) is 2.98. The molecule has 0 aliphatic carbocycles. The third-order valence-electron chi connectivity index (χ3n) is 2.85. The van der Waals surface area contributed by atoms with E-state index in [1.807, 2.05) is 7.05 Å². The molecule has 0 aliphatic heterocycles. The highest BCUT2D eigenvalue weighted by Gasteiger charge is 2.10. The monoisotopic (exact) mass is 207 g/mol. The van der Waals surface area contributed by atoms with Crippen molar-refractivity contribution < 1.29 is 4.74 Å². The number of hydrogen-bond acceptors (Lipinski definition) is 2. The molecule has 1 aromatic carbocycles. The van der Waals surface area contributed by atoms with Crippen LogP contribution in [0.1, 0.15) is 36.1 Å². The number of aryl methyl sites for hydroxylation is 2. The molecule has 1 rings (SSSR count). The highest BCUT2D eigenvalue weighted by molar-refractivity contribution is 5.44. The lowest BCUT2D eigenvalue weighted by Gasteiger charge is -2.17. The molecule has 1 aromatic rings. The smallest absolute Gasteiger partial charge is 0.124 e. The fraction of sp³-hybridized carbons (Fsp3) is 0.538. The van der Waals surface area contributed by atoms with Gasteiger partial charge in [-0.15, -0.1) is 0 Å². The standard InChI is InChI=1S/C13H21NO/c1-6-12(14-4)11-7-9(2)13(15-5)10(3)8-11/h7-8,12,14H,6H2,1-5H3. The minimum atomic E-state index is 0.438. The first kappa shape index (κ1) is 12.1. The molecule has 0 spiro atoms. The van der Waals surface area contributed by atoms with Gasteiger partial charge in [0.05, 0.1) is 7.11 Å². The summed E-state index contributed by atoms with van der Waals surface area (Å²) in [5.74, 6) is 1.00. The molecule has 1 atom stereocenters. The van der Waals surface area contributed by atoms with Crippen molar-refractivity contribution in [1.82, 2.24) is 5.32 Å². The van der Waals surface area contributed by atoms with Crippen molar-refractivity contribution in [3.8, 4) is 5.75 Å². The fourth-order valence-electron chi connectivity index (χ4n) is 2.11. The van der Waals surface area contributed by atoms with Crippen molar-refractivity contribution in [1.29, 1.82) is 0 Å². The van der Waals surface area contributed by atoms with Crippen molar-refractivity contribution in [2.24, 2.45) is 0 Å². The molecule has 1 unspecified atom stereocenters. The summed E-state index contributed by atoms with van der Waals surface area (Å²) < 4.78 is 5.36. The number of benzene rings is 1. The molecule has 0 aromatic heterocycles. The second kappa shape index (κ2) is 5.17. The highest BCUT2D eigenvalue weighted by Crippen LogP contribution is 2.27. The Hall–Kier alpha value is -1.02. The van der Waals surface area contributed by atoms with Crippen LogP contribution < -0.4 is 10.1 Å². The average molecular weight is 207 g/mol. The van der Waals surface area contributed by atoms with Crippen LogP contribution in [0.2, 0.25) is 0 Å². The number of methoxy groups -OCH3 is 1. The van der Waals surface area contributed by atoms with E-state index in [-0.39, 0.29) is 0 Å². The van der Waals surface area contributed by atoms with E-state index in [0.29, 0.717) is 6.04 Å². The Kier molecular flexibility index (Phi) is 4.15. The summed E-state index contributed by atoms with van der Waals surface area (Å²) >= 11 is 0. The Labute approximate surface area is 92.6 Å². The summed E-state index contributed by atoms with van der Waals surface area (Å²) in [7, 11) is 3.73. The van der Waals surface area contributed by atoms with Gasteiger partial charge in [-0.1, -0.05) is 19.1 Å². The van der Waals surface area contributed by atoms with E-state index in [1.54, 1.807) is 7.11 Å². The number of ether oxygens (including phenoxy) is 1. The maximum absolute atomic E-state index is 5.36. The third kappa shape index (κ3) is 2.51. The number of nitrogens with one attached hydrogen (secondary N) is 1. The summed E-state index contributed by atoms with van der Waals surface area (Å²) in [5, 5.41) is 3.32. The SMILES string of the molecule is CCC(NC)c1cc(C)c(OC)c(C)c1. The zero-order valence-electron chi connectivity index (χ0n) is 10.3. The Bertz CT molecular complexity index is 306. The van der Waals surface area contributed by atoms with E-state index in [0.717, 1.165) is 12.2 Å². The van der Waals surface area contributed by atoms with Crippen LogP contribution in [-0.4, -0.2) is 14.2 Å². The van der Waals surface area contributed by atoms with Gasteiger partial charge in [-0.2, -0.15) is 0 Å². The molecule has 0 saturated heterocycles. The third-order valence-corrected chi connectivity index (χ3v) is 2.85. The first-order valence-electron chi connectivity index (χ1n) is 5.46. The van der Waals surface area contributed by atoms with E-state index in [2.05, 4.69) is 38.2 Å². The predicted molar refractivity (Wildman–Crippen MR) is 64.6 cm³/mol. The van der Waals surface area contributed by atoms with Crippen LogP contribution in [0.15, 0.2) is 12.1 Å². The molecule has 0 amide bonds. The second-order valence-electron chi connectivity index (χ2n) is 3.94. The lowest BCUT2D eigenvalue weighted by Crippen LogP contribution is -2.15. The van der Waals surface area contributed by atoms with Gasteiger partial charge in [0, 0.05) is 6.04 Å². The van der Waals surface area contributed by atoms with Gasteiger partial charge in [0.15, 0.2) is 0 Å². The minimum absolute atomic E-state index is 0.438. The maximum Gasteiger partial charge on any atom is 0.124 e. The van der Waals surface area contributed by atoms with Crippen LogP contribution in [-0.2, 0) is 0 Å². The molecule has 15 heavy (non-hydrogen) atoms. The Morgan fingerprint density at radius 1 is 1.27 bits per heavy atom. The topological polar surface area (TPSA) is 21.3 Å². The second-order valence-corrected chi connectivity index (χ2v) is 3.94. The molecule has 84 valence electrons. The molecule has 0 fully saturated rings. The average Bonchev–Trinajstić information content (AvgIpc) is 2.19. The largest absolute Gasteiger partial charge is 0.496 e. The van der Waals surface area contributed by atoms with E-state index < -0.39 is 0 Å². The zero-order valence-corrected chi connectivity index (χ0v) is 10.3. The van der Waals surface area contributed by atoms with Crippen LogP contribution in [0, 0.1) is 13.8 Å². The number of rotatable bonds is 4. The van der Waals surface area contributed by atoms with Gasteiger partial charge in [0.2, 0.25) is 0 Å². The van der Waals surface area contributed by atoms with Gasteiger partial charge in [-0.05, 0) is 44.0 Å². The van der Waals surface area contributed by atoms with Crippen molar-refractivity contribution in [3.05, 3.63) is 28.8 Å². The zero-order chi connectivity index (χ0) is 11.4. The lowest BCUT2D eigenvalue weighted by molar-refractivity contribution is 0.408. The van der Waals surface area contributed by atoms with Crippen molar-refractivity contribution in [3.63, 3.8) is 0 Å². The van der Waals surface area contributed by atoms with Gasteiger partial charge in [0.25, 0.3) is 0 Å². The molecule has 0 saturated carbocycles. The summed E-state index contributed by atoms with van der Waals surface area (Å²) in [5.41, 5.74) is 3.76. The molecule has 2 nitrogen and oxygen atoms in total. The quantitative estimate of drug-likeness (QED) is 0.819. The molecular formula is C13H21NO. The van der Waals surface area contributed by atoms with Gasteiger partial charge in [0.1, 0.15) is 5.75 Å². The molecule has 0 heterocycles. The molecule has 0 bridgehead atoms. The van der Waals surface area contributed by atoms with Gasteiger partial charge in [-0.3, -0.25) is 0 Å². The Morgan fingerprint density at radius 2 is 1.80 bits per heavy atom. The van der Waals surface area contributed by atoms with E-state index in [1.165, 1.54) is 16.7 Å². The van der Waals surface area contributed by atoms with Crippen molar-refractivity contribution in [2.45, 2.75) is 33.2 Å². The van der Waals surface area contributed by atoms with Crippen LogP contribution in [0.4, 0.5) is 0 Å². The Balaban J connectivity index is 3.12. The first-order valence-corrected chi connectivity index (χ1v) is 5.46. The van der Waals surface area contributed by atoms with E-state index >= 15 is 0 Å². The van der Waals surface area contributed by atoms with E-state index in [4.69, 9.17) is 4.74 Å². The first-order chi connectivity index (χ1) is 7.13. The lowest BCUT2D eigenvalue weighted by atomic mass is 9.99.